The van der Waals surface area contributed by atoms with E-state index >= 15 is 0 Å². The van der Waals surface area contributed by atoms with Crippen LogP contribution >= 0.6 is 15.9 Å². The normalized spacial score (nSPS) is 11.2. The summed E-state index contributed by atoms with van der Waals surface area (Å²) >= 11 is 3.38. The lowest BCUT2D eigenvalue weighted by molar-refractivity contribution is -0.114. The van der Waals surface area contributed by atoms with Gasteiger partial charge in [-0.1, -0.05) is 41.9 Å². The minimum absolute atomic E-state index is 0.138. The lowest BCUT2D eigenvalue weighted by atomic mass is 10.0. The number of carbonyl (C=O) groups excluding carboxylic acids is 1. The van der Waals surface area contributed by atoms with Crippen LogP contribution in [0.5, 0.6) is 11.5 Å². The molecule has 0 bridgehead atoms. The molecule has 0 atom stereocenters. The largest absolute Gasteiger partial charge is 0.490 e. The summed E-state index contributed by atoms with van der Waals surface area (Å²) in [6, 6.07) is 13.3. The Bertz CT molecular complexity index is 930. The molecule has 0 fully saturated rings. The van der Waals surface area contributed by atoms with E-state index in [9.17, 15) is 4.79 Å². The van der Waals surface area contributed by atoms with E-state index in [1.54, 1.807) is 18.2 Å². The maximum Gasteiger partial charge on any atom is 0.259 e. The number of amides is 1. The van der Waals surface area contributed by atoms with Gasteiger partial charge >= 0.3 is 0 Å². The van der Waals surface area contributed by atoms with Crippen molar-refractivity contribution in [3.63, 3.8) is 0 Å². The van der Waals surface area contributed by atoms with Crippen LogP contribution in [0, 0.1) is 18.3 Å². The Morgan fingerprint density at radius 2 is 1.86 bits per heavy atom. The van der Waals surface area contributed by atoms with E-state index in [-0.39, 0.29) is 5.57 Å². The van der Waals surface area contributed by atoms with Crippen molar-refractivity contribution in [3.8, 4) is 17.6 Å². The molecule has 0 saturated heterocycles. The molecule has 0 aromatic heterocycles. The van der Waals surface area contributed by atoms with Crippen LogP contribution in [0.2, 0.25) is 0 Å². The van der Waals surface area contributed by atoms with Gasteiger partial charge in [-0.2, -0.15) is 5.26 Å². The van der Waals surface area contributed by atoms with Crippen molar-refractivity contribution in [2.24, 2.45) is 5.73 Å². The maximum atomic E-state index is 11.3. The van der Waals surface area contributed by atoms with Crippen molar-refractivity contribution in [2.45, 2.75) is 26.7 Å². The highest BCUT2D eigenvalue weighted by atomic mass is 79.9. The molecule has 0 aliphatic rings. The summed E-state index contributed by atoms with van der Waals surface area (Å²) in [6.45, 7) is 6.95. The first-order chi connectivity index (χ1) is 13.3. The van der Waals surface area contributed by atoms with E-state index in [1.165, 1.54) is 6.08 Å². The van der Waals surface area contributed by atoms with Crippen LogP contribution < -0.4 is 15.2 Å². The zero-order valence-corrected chi connectivity index (χ0v) is 17.7. The van der Waals surface area contributed by atoms with Crippen molar-refractivity contribution in [3.05, 3.63) is 63.1 Å². The minimum atomic E-state index is -0.780. The van der Waals surface area contributed by atoms with E-state index in [1.807, 2.05) is 19.1 Å². The lowest BCUT2D eigenvalue weighted by Crippen LogP contribution is -2.13. The topological polar surface area (TPSA) is 85.3 Å². The number of carbonyl (C=O) groups is 1. The van der Waals surface area contributed by atoms with Crippen molar-refractivity contribution in [1.82, 2.24) is 0 Å². The molecule has 0 unspecified atom stereocenters. The molecule has 0 saturated carbocycles. The zero-order valence-electron chi connectivity index (χ0n) is 16.2. The molecule has 2 aromatic rings. The summed E-state index contributed by atoms with van der Waals surface area (Å²) in [5, 5.41) is 9.06. The van der Waals surface area contributed by atoms with Crippen LogP contribution in [0.1, 0.15) is 36.5 Å². The Morgan fingerprint density at radius 1 is 1.18 bits per heavy atom. The Kier molecular flexibility index (Phi) is 7.65. The second kappa shape index (κ2) is 9.95. The van der Waals surface area contributed by atoms with Gasteiger partial charge in [0.15, 0.2) is 0 Å². The number of nitrogens with zero attached hydrogens (tertiary/aromatic N) is 1. The van der Waals surface area contributed by atoms with Gasteiger partial charge < -0.3 is 15.2 Å². The van der Waals surface area contributed by atoms with Crippen LogP contribution in [0.15, 0.2) is 46.4 Å². The maximum absolute atomic E-state index is 11.3. The number of nitriles is 1. The lowest BCUT2D eigenvalue weighted by Gasteiger charge is -2.16. The summed E-state index contributed by atoms with van der Waals surface area (Å²) in [4.78, 5) is 11.3. The van der Waals surface area contributed by atoms with Crippen LogP contribution in [-0.4, -0.2) is 19.1 Å². The molecule has 2 N–H and O–H groups in total. The number of aryl methyl sites for hydroxylation is 1. The average Bonchev–Trinajstić information content (AvgIpc) is 2.64. The predicted molar refractivity (Wildman–Crippen MR) is 113 cm³/mol. The summed E-state index contributed by atoms with van der Waals surface area (Å²) in [5.74, 6) is 0.972. The Labute approximate surface area is 173 Å². The number of hydrogen-bond acceptors (Lipinski definition) is 4. The third-order valence-electron chi connectivity index (χ3n) is 4.05. The molecular weight excluding hydrogens is 420 g/mol. The van der Waals surface area contributed by atoms with Gasteiger partial charge in [0.2, 0.25) is 0 Å². The number of primary amides is 1. The standard InChI is InChI=1S/C22H23BrN2O3/c1-14(2)19-6-4-15(3)10-21(19)28-9-8-27-20-7-5-18(23)12-16(20)11-17(13-24)22(25)26/h4-7,10-12,14H,8-9H2,1-3H3,(H2,25,26). The molecule has 2 aromatic carbocycles. The van der Waals surface area contributed by atoms with E-state index in [0.717, 1.165) is 21.3 Å². The van der Waals surface area contributed by atoms with Crippen molar-refractivity contribution in [2.75, 3.05) is 13.2 Å². The first kappa shape index (κ1) is 21.5. The number of rotatable bonds is 8. The van der Waals surface area contributed by atoms with Crippen molar-refractivity contribution in [1.29, 1.82) is 5.26 Å². The van der Waals surface area contributed by atoms with Gasteiger partial charge in [0.1, 0.15) is 36.4 Å². The fourth-order valence-electron chi connectivity index (χ4n) is 2.62. The fraction of sp³-hybridized carbons (Fsp3) is 0.273. The average molecular weight is 443 g/mol. The Hall–Kier alpha value is -2.78. The molecule has 146 valence electrons. The molecule has 2 rings (SSSR count). The number of halogens is 1. The van der Waals surface area contributed by atoms with Gasteiger partial charge in [-0.25, -0.2) is 0 Å². The van der Waals surface area contributed by atoms with E-state index in [2.05, 4.69) is 41.9 Å². The highest BCUT2D eigenvalue weighted by Gasteiger charge is 2.10. The van der Waals surface area contributed by atoms with Crippen molar-refractivity contribution < 1.29 is 14.3 Å². The minimum Gasteiger partial charge on any atom is -0.490 e. The highest BCUT2D eigenvalue weighted by Crippen LogP contribution is 2.28. The second-order valence-corrected chi connectivity index (χ2v) is 7.52. The molecular formula is C22H23BrN2O3. The Balaban J connectivity index is 2.09. The molecule has 5 nitrogen and oxygen atoms in total. The molecule has 1 amide bonds. The van der Waals surface area contributed by atoms with Gasteiger partial charge in [0.05, 0.1) is 0 Å². The quantitative estimate of drug-likeness (QED) is 0.363. The van der Waals surface area contributed by atoms with Crippen LogP contribution in [0.3, 0.4) is 0 Å². The first-order valence-corrected chi connectivity index (χ1v) is 9.68. The van der Waals surface area contributed by atoms with E-state index < -0.39 is 5.91 Å². The third kappa shape index (κ3) is 5.86. The van der Waals surface area contributed by atoms with Crippen LogP contribution in [-0.2, 0) is 4.79 Å². The molecule has 0 aliphatic heterocycles. The van der Waals surface area contributed by atoms with E-state index in [0.29, 0.717) is 30.4 Å². The predicted octanol–water partition coefficient (Wildman–Crippen LogP) is 4.73. The third-order valence-corrected chi connectivity index (χ3v) is 4.54. The summed E-state index contributed by atoms with van der Waals surface area (Å²) in [6.07, 6.45) is 1.42. The number of ether oxygens (including phenoxy) is 2. The van der Waals surface area contributed by atoms with Gasteiger partial charge in [0.25, 0.3) is 5.91 Å². The van der Waals surface area contributed by atoms with Gasteiger partial charge in [-0.3, -0.25) is 4.79 Å². The number of nitrogens with two attached hydrogens (primary N) is 1. The number of hydrogen-bond donors (Lipinski definition) is 1. The Morgan fingerprint density at radius 3 is 2.46 bits per heavy atom. The summed E-state index contributed by atoms with van der Waals surface area (Å²) in [7, 11) is 0. The van der Waals surface area contributed by atoms with Gasteiger partial charge in [0, 0.05) is 10.0 Å². The molecule has 0 radical (unpaired) electrons. The highest BCUT2D eigenvalue weighted by molar-refractivity contribution is 9.10. The molecule has 0 aliphatic carbocycles. The van der Waals surface area contributed by atoms with E-state index in [4.69, 9.17) is 20.5 Å². The molecule has 6 heteroatoms. The summed E-state index contributed by atoms with van der Waals surface area (Å²) < 4.78 is 12.5. The van der Waals surface area contributed by atoms with Gasteiger partial charge in [-0.15, -0.1) is 0 Å². The van der Waals surface area contributed by atoms with Crippen molar-refractivity contribution >= 4 is 27.9 Å². The smallest absolute Gasteiger partial charge is 0.259 e. The number of benzene rings is 2. The fourth-order valence-corrected chi connectivity index (χ4v) is 3.00. The molecule has 28 heavy (non-hydrogen) atoms. The van der Waals surface area contributed by atoms with Crippen LogP contribution in [0.25, 0.3) is 6.08 Å². The molecule has 0 heterocycles. The second-order valence-electron chi connectivity index (χ2n) is 6.61. The molecule has 0 spiro atoms. The summed E-state index contributed by atoms with van der Waals surface area (Å²) in [5.41, 5.74) is 7.95. The first-order valence-electron chi connectivity index (χ1n) is 8.89. The SMILES string of the molecule is Cc1ccc(C(C)C)c(OCCOc2ccc(Br)cc2C=C(C#N)C(N)=O)c1. The van der Waals surface area contributed by atoms with Crippen LogP contribution in [0.4, 0.5) is 0 Å². The zero-order chi connectivity index (χ0) is 20.7. The van der Waals surface area contributed by atoms with Gasteiger partial charge in [-0.05, 0) is 54.3 Å². The monoisotopic (exact) mass is 442 g/mol.